The SMILES string of the molecule is c1ccc(CNC2CCCN(C3COC3)C2)cc1. The molecule has 2 saturated heterocycles. The molecule has 0 bridgehead atoms. The minimum Gasteiger partial charge on any atom is -0.378 e. The van der Waals surface area contributed by atoms with Crippen molar-refractivity contribution in [2.75, 3.05) is 26.3 Å². The van der Waals surface area contributed by atoms with Gasteiger partial charge in [-0.3, -0.25) is 4.90 Å². The second-order valence-corrected chi connectivity index (χ2v) is 5.39. The molecule has 0 amide bonds. The van der Waals surface area contributed by atoms with E-state index in [0.29, 0.717) is 12.1 Å². The van der Waals surface area contributed by atoms with Gasteiger partial charge in [-0.2, -0.15) is 0 Å². The van der Waals surface area contributed by atoms with Crippen molar-refractivity contribution in [2.45, 2.75) is 31.5 Å². The van der Waals surface area contributed by atoms with Crippen molar-refractivity contribution in [1.29, 1.82) is 0 Å². The van der Waals surface area contributed by atoms with E-state index in [1.54, 1.807) is 0 Å². The maximum absolute atomic E-state index is 5.29. The van der Waals surface area contributed by atoms with E-state index < -0.39 is 0 Å². The van der Waals surface area contributed by atoms with Gasteiger partial charge in [0, 0.05) is 19.1 Å². The summed E-state index contributed by atoms with van der Waals surface area (Å²) in [6.07, 6.45) is 2.61. The van der Waals surface area contributed by atoms with Crippen LogP contribution in [-0.2, 0) is 11.3 Å². The number of benzene rings is 1. The zero-order valence-corrected chi connectivity index (χ0v) is 10.8. The summed E-state index contributed by atoms with van der Waals surface area (Å²) in [6, 6.07) is 12.0. The van der Waals surface area contributed by atoms with Gasteiger partial charge in [0.1, 0.15) is 0 Å². The van der Waals surface area contributed by atoms with Crippen LogP contribution in [0, 0.1) is 0 Å². The monoisotopic (exact) mass is 246 g/mol. The molecule has 0 aromatic heterocycles. The van der Waals surface area contributed by atoms with E-state index in [0.717, 1.165) is 19.8 Å². The first kappa shape index (κ1) is 12.2. The van der Waals surface area contributed by atoms with Gasteiger partial charge in [0.25, 0.3) is 0 Å². The molecule has 3 rings (SSSR count). The normalized spacial score (nSPS) is 25.9. The van der Waals surface area contributed by atoms with E-state index in [1.165, 1.54) is 31.5 Å². The molecule has 0 saturated carbocycles. The summed E-state index contributed by atoms with van der Waals surface area (Å²) < 4.78 is 5.29. The third-order valence-electron chi connectivity index (χ3n) is 4.03. The van der Waals surface area contributed by atoms with E-state index in [4.69, 9.17) is 4.74 Å². The average molecular weight is 246 g/mol. The number of hydrogen-bond acceptors (Lipinski definition) is 3. The van der Waals surface area contributed by atoms with Crippen molar-refractivity contribution in [3.05, 3.63) is 35.9 Å². The Morgan fingerprint density at radius 3 is 2.78 bits per heavy atom. The standard InChI is InChI=1S/C15H22N2O/c1-2-5-13(6-3-1)9-16-14-7-4-8-17(10-14)15-11-18-12-15/h1-3,5-6,14-16H,4,7-12H2. The first-order valence-electron chi connectivity index (χ1n) is 7.01. The van der Waals surface area contributed by atoms with Crippen LogP contribution >= 0.6 is 0 Å². The molecule has 3 nitrogen and oxygen atoms in total. The summed E-state index contributed by atoms with van der Waals surface area (Å²) >= 11 is 0. The molecule has 3 heteroatoms. The largest absolute Gasteiger partial charge is 0.378 e. The van der Waals surface area contributed by atoms with Gasteiger partial charge in [0.05, 0.1) is 19.3 Å². The number of hydrogen-bond donors (Lipinski definition) is 1. The van der Waals surface area contributed by atoms with Crippen LogP contribution in [0.4, 0.5) is 0 Å². The molecule has 1 N–H and O–H groups in total. The number of nitrogens with one attached hydrogen (secondary N) is 1. The molecule has 0 spiro atoms. The summed E-state index contributed by atoms with van der Waals surface area (Å²) in [6.45, 7) is 5.29. The Bertz CT molecular complexity index is 364. The average Bonchev–Trinajstić information content (AvgIpc) is 2.36. The lowest BCUT2D eigenvalue weighted by Gasteiger charge is -2.42. The van der Waals surface area contributed by atoms with Crippen LogP contribution in [0.1, 0.15) is 18.4 Å². The van der Waals surface area contributed by atoms with Gasteiger partial charge in [-0.05, 0) is 24.9 Å². The molecule has 1 unspecified atom stereocenters. The molecular formula is C15H22N2O. The van der Waals surface area contributed by atoms with E-state index in [2.05, 4.69) is 40.5 Å². The van der Waals surface area contributed by atoms with Gasteiger partial charge in [-0.1, -0.05) is 30.3 Å². The fourth-order valence-electron chi connectivity index (χ4n) is 2.80. The molecule has 2 aliphatic rings. The second-order valence-electron chi connectivity index (χ2n) is 5.39. The predicted octanol–water partition coefficient (Wildman–Crippen LogP) is 1.64. The lowest BCUT2D eigenvalue weighted by molar-refractivity contribution is -0.0733. The zero-order chi connectivity index (χ0) is 12.2. The molecule has 2 aliphatic heterocycles. The highest BCUT2D eigenvalue weighted by Crippen LogP contribution is 2.17. The van der Waals surface area contributed by atoms with Crippen molar-refractivity contribution >= 4 is 0 Å². The minimum absolute atomic E-state index is 0.638. The quantitative estimate of drug-likeness (QED) is 0.874. The molecule has 1 aromatic carbocycles. The lowest BCUT2D eigenvalue weighted by atomic mass is 10.0. The van der Waals surface area contributed by atoms with Crippen LogP contribution < -0.4 is 5.32 Å². The van der Waals surface area contributed by atoms with E-state index >= 15 is 0 Å². The topological polar surface area (TPSA) is 24.5 Å². The molecule has 18 heavy (non-hydrogen) atoms. The number of nitrogens with zero attached hydrogens (tertiary/aromatic N) is 1. The maximum atomic E-state index is 5.29. The first-order valence-corrected chi connectivity index (χ1v) is 7.01. The molecule has 2 heterocycles. The summed E-state index contributed by atoms with van der Waals surface area (Å²) in [5.74, 6) is 0. The van der Waals surface area contributed by atoms with E-state index in [1.807, 2.05) is 0 Å². The number of ether oxygens (including phenoxy) is 1. The van der Waals surface area contributed by atoms with Crippen LogP contribution in [0.2, 0.25) is 0 Å². The third kappa shape index (κ3) is 2.91. The Labute approximate surface area is 109 Å². The molecule has 0 radical (unpaired) electrons. The van der Waals surface area contributed by atoms with Gasteiger partial charge < -0.3 is 10.1 Å². The van der Waals surface area contributed by atoms with Crippen molar-refractivity contribution in [3.63, 3.8) is 0 Å². The Kier molecular flexibility index (Phi) is 3.93. The van der Waals surface area contributed by atoms with Crippen molar-refractivity contribution in [3.8, 4) is 0 Å². The lowest BCUT2D eigenvalue weighted by Crippen LogP contribution is -2.55. The number of rotatable bonds is 4. The van der Waals surface area contributed by atoms with Crippen molar-refractivity contribution in [2.24, 2.45) is 0 Å². The smallest absolute Gasteiger partial charge is 0.0645 e. The summed E-state index contributed by atoms with van der Waals surface area (Å²) in [5.41, 5.74) is 1.38. The van der Waals surface area contributed by atoms with Gasteiger partial charge in [-0.15, -0.1) is 0 Å². The Morgan fingerprint density at radius 1 is 1.22 bits per heavy atom. The number of likely N-dealkylation sites (tertiary alicyclic amines) is 1. The fourth-order valence-corrected chi connectivity index (χ4v) is 2.80. The maximum Gasteiger partial charge on any atom is 0.0645 e. The summed E-state index contributed by atoms with van der Waals surface area (Å²) in [7, 11) is 0. The molecular weight excluding hydrogens is 224 g/mol. The van der Waals surface area contributed by atoms with E-state index in [-0.39, 0.29) is 0 Å². The van der Waals surface area contributed by atoms with Crippen molar-refractivity contribution in [1.82, 2.24) is 10.2 Å². The molecule has 0 aliphatic carbocycles. The summed E-state index contributed by atoms with van der Waals surface area (Å²) in [4.78, 5) is 2.59. The van der Waals surface area contributed by atoms with Gasteiger partial charge in [0.2, 0.25) is 0 Å². The predicted molar refractivity (Wildman–Crippen MR) is 72.5 cm³/mol. The Morgan fingerprint density at radius 2 is 2.06 bits per heavy atom. The molecule has 1 aromatic rings. The van der Waals surface area contributed by atoms with Gasteiger partial charge >= 0.3 is 0 Å². The highest BCUT2D eigenvalue weighted by molar-refractivity contribution is 5.14. The second kappa shape index (κ2) is 5.83. The highest BCUT2D eigenvalue weighted by Gasteiger charge is 2.29. The van der Waals surface area contributed by atoms with E-state index in [9.17, 15) is 0 Å². The Balaban J connectivity index is 1.47. The molecule has 1 atom stereocenters. The highest BCUT2D eigenvalue weighted by atomic mass is 16.5. The summed E-state index contributed by atoms with van der Waals surface area (Å²) in [5, 5.41) is 3.69. The zero-order valence-electron chi connectivity index (χ0n) is 10.8. The van der Waals surface area contributed by atoms with Crippen LogP contribution in [-0.4, -0.2) is 43.3 Å². The van der Waals surface area contributed by atoms with Crippen molar-refractivity contribution < 1.29 is 4.74 Å². The van der Waals surface area contributed by atoms with Gasteiger partial charge in [0.15, 0.2) is 0 Å². The van der Waals surface area contributed by atoms with Crippen LogP contribution in [0.5, 0.6) is 0 Å². The molecule has 98 valence electrons. The molecule has 2 fully saturated rings. The van der Waals surface area contributed by atoms with Crippen LogP contribution in [0.15, 0.2) is 30.3 Å². The number of piperidine rings is 1. The first-order chi connectivity index (χ1) is 8.92. The third-order valence-corrected chi connectivity index (χ3v) is 4.03. The fraction of sp³-hybridized carbons (Fsp3) is 0.600. The Hall–Kier alpha value is -0.900. The minimum atomic E-state index is 0.638. The van der Waals surface area contributed by atoms with Crippen LogP contribution in [0.3, 0.4) is 0 Å². The van der Waals surface area contributed by atoms with Crippen LogP contribution in [0.25, 0.3) is 0 Å². The van der Waals surface area contributed by atoms with Gasteiger partial charge in [-0.25, -0.2) is 0 Å².